The average Bonchev–Trinajstić information content (AvgIpc) is 1.88. The van der Waals surface area contributed by atoms with E-state index in [4.69, 9.17) is 14.7 Å². The van der Waals surface area contributed by atoms with Crippen LogP contribution in [-0.4, -0.2) is 14.7 Å². The summed E-state index contributed by atoms with van der Waals surface area (Å²) >= 11 is 0. The van der Waals surface area contributed by atoms with Crippen molar-refractivity contribution in [1.82, 2.24) is 0 Å². The van der Waals surface area contributed by atoms with Crippen molar-refractivity contribution < 1.29 is 14.7 Å². The summed E-state index contributed by atoms with van der Waals surface area (Å²) in [4.78, 5) is 26.1. The molecule has 1 aromatic carbocycles. The molecule has 0 heterocycles. The molecular formula is C6H8O3P+. The van der Waals surface area contributed by atoms with E-state index < -0.39 is 7.94 Å². The zero-order valence-corrected chi connectivity index (χ0v) is 6.07. The van der Waals surface area contributed by atoms with Gasteiger partial charge in [-0.25, -0.2) is 0 Å². The molecule has 0 radical (unpaired) electrons. The monoisotopic (exact) mass is 159 g/mol. The zero-order valence-electron chi connectivity index (χ0n) is 5.18. The van der Waals surface area contributed by atoms with Gasteiger partial charge in [0.2, 0.25) is 0 Å². The SMILES string of the molecule is O[P+](O)(O)c1ccccc1. The van der Waals surface area contributed by atoms with E-state index in [1.54, 1.807) is 18.2 Å². The second-order valence-corrected chi connectivity index (χ2v) is 3.56. The van der Waals surface area contributed by atoms with Gasteiger partial charge in [-0.3, -0.25) is 0 Å². The molecule has 10 heavy (non-hydrogen) atoms. The Hall–Kier alpha value is -0.470. The van der Waals surface area contributed by atoms with Crippen LogP contribution in [0, 0.1) is 0 Å². The Labute approximate surface area is 59.2 Å². The van der Waals surface area contributed by atoms with Crippen LogP contribution >= 0.6 is 7.94 Å². The number of hydrogen-bond acceptors (Lipinski definition) is 3. The molecule has 0 saturated carbocycles. The number of hydrogen-bond donors (Lipinski definition) is 3. The van der Waals surface area contributed by atoms with Crippen molar-refractivity contribution in [3.05, 3.63) is 30.3 Å². The van der Waals surface area contributed by atoms with Crippen LogP contribution in [-0.2, 0) is 0 Å². The summed E-state index contributed by atoms with van der Waals surface area (Å²) in [5, 5.41) is 0.176. The van der Waals surface area contributed by atoms with Gasteiger partial charge >= 0.3 is 7.94 Å². The first-order valence-electron chi connectivity index (χ1n) is 2.73. The Morgan fingerprint density at radius 2 is 1.40 bits per heavy atom. The molecule has 0 atom stereocenters. The maximum absolute atomic E-state index is 8.71. The highest BCUT2D eigenvalue weighted by atomic mass is 31.2. The maximum atomic E-state index is 8.71. The van der Waals surface area contributed by atoms with E-state index in [0.717, 1.165) is 0 Å². The summed E-state index contributed by atoms with van der Waals surface area (Å²) < 4.78 is 0. The highest BCUT2D eigenvalue weighted by Crippen LogP contribution is 2.42. The van der Waals surface area contributed by atoms with Crippen LogP contribution in [0.1, 0.15) is 0 Å². The van der Waals surface area contributed by atoms with E-state index in [2.05, 4.69) is 0 Å². The first-order valence-corrected chi connectivity index (χ1v) is 4.38. The van der Waals surface area contributed by atoms with Crippen molar-refractivity contribution in [2.45, 2.75) is 0 Å². The molecule has 0 saturated heterocycles. The molecule has 3 N–H and O–H groups in total. The Balaban J connectivity index is 2.97. The van der Waals surface area contributed by atoms with E-state index in [9.17, 15) is 0 Å². The largest absolute Gasteiger partial charge is 0.440 e. The van der Waals surface area contributed by atoms with Gasteiger partial charge in [0.1, 0.15) is 0 Å². The minimum absolute atomic E-state index is 0.176. The molecule has 3 nitrogen and oxygen atoms in total. The fourth-order valence-electron chi connectivity index (χ4n) is 0.628. The summed E-state index contributed by atoms with van der Waals surface area (Å²) in [6.45, 7) is 0. The summed E-state index contributed by atoms with van der Waals surface area (Å²) in [5.74, 6) is 0. The van der Waals surface area contributed by atoms with E-state index in [0.29, 0.717) is 0 Å². The first-order chi connectivity index (χ1) is 4.61. The van der Waals surface area contributed by atoms with E-state index in [-0.39, 0.29) is 5.30 Å². The smallest absolute Gasteiger partial charge is 0.189 e. The lowest BCUT2D eigenvalue weighted by Gasteiger charge is -2.00. The number of benzene rings is 1. The van der Waals surface area contributed by atoms with E-state index in [1.807, 2.05) is 0 Å². The first kappa shape index (κ1) is 7.63. The molecule has 0 unspecified atom stereocenters. The van der Waals surface area contributed by atoms with Crippen LogP contribution in [0.3, 0.4) is 0 Å². The average molecular weight is 159 g/mol. The molecule has 0 aliphatic heterocycles. The molecule has 4 heteroatoms. The fourth-order valence-corrected chi connectivity index (χ4v) is 1.20. The molecule has 0 bridgehead atoms. The third kappa shape index (κ3) is 1.75. The predicted molar refractivity (Wildman–Crippen MR) is 39.7 cm³/mol. The van der Waals surface area contributed by atoms with Crippen molar-refractivity contribution >= 4 is 13.2 Å². The van der Waals surface area contributed by atoms with Crippen molar-refractivity contribution in [2.24, 2.45) is 0 Å². The molecule has 0 aliphatic carbocycles. The second kappa shape index (κ2) is 2.64. The van der Waals surface area contributed by atoms with Gasteiger partial charge in [-0.15, -0.1) is 0 Å². The summed E-state index contributed by atoms with van der Waals surface area (Å²) in [7, 11) is -3.77. The van der Waals surface area contributed by atoms with Gasteiger partial charge < -0.3 is 0 Å². The van der Waals surface area contributed by atoms with Gasteiger partial charge in [-0.1, -0.05) is 18.2 Å². The third-order valence-electron chi connectivity index (χ3n) is 1.10. The van der Waals surface area contributed by atoms with Gasteiger partial charge in [-0.2, -0.15) is 14.7 Å². The van der Waals surface area contributed by atoms with Crippen LogP contribution in [0.15, 0.2) is 30.3 Å². The molecule has 0 aliphatic rings. The molecule has 1 rings (SSSR count). The number of rotatable bonds is 1. The third-order valence-corrected chi connectivity index (χ3v) is 2.09. The van der Waals surface area contributed by atoms with Crippen LogP contribution in [0.4, 0.5) is 0 Å². The Morgan fingerprint density at radius 1 is 0.900 bits per heavy atom. The Bertz CT molecular complexity index is 204. The fraction of sp³-hybridized carbons (Fsp3) is 0. The zero-order chi connectivity index (χ0) is 7.61. The summed E-state index contributed by atoms with van der Waals surface area (Å²) in [5.41, 5.74) is 0. The van der Waals surface area contributed by atoms with Crippen LogP contribution in [0.25, 0.3) is 0 Å². The predicted octanol–water partition coefficient (Wildman–Crippen LogP) is 0.0514. The van der Waals surface area contributed by atoms with E-state index >= 15 is 0 Å². The van der Waals surface area contributed by atoms with Gasteiger partial charge in [-0.05, 0) is 12.1 Å². The van der Waals surface area contributed by atoms with Crippen molar-refractivity contribution in [1.29, 1.82) is 0 Å². The van der Waals surface area contributed by atoms with Gasteiger partial charge in [0.25, 0.3) is 0 Å². The van der Waals surface area contributed by atoms with E-state index in [1.165, 1.54) is 12.1 Å². The lowest BCUT2D eigenvalue weighted by atomic mass is 10.4. The lowest BCUT2D eigenvalue weighted by Crippen LogP contribution is -2.07. The van der Waals surface area contributed by atoms with Gasteiger partial charge in [0.15, 0.2) is 5.30 Å². The minimum Gasteiger partial charge on any atom is -0.189 e. The van der Waals surface area contributed by atoms with Gasteiger partial charge in [0, 0.05) is 0 Å². The minimum atomic E-state index is -3.77. The van der Waals surface area contributed by atoms with Crippen LogP contribution < -0.4 is 5.30 Å². The molecule has 54 valence electrons. The summed E-state index contributed by atoms with van der Waals surface area (Å²) in [6, 6.07) is 7.93. The Kier molecular flexibility index (Phi) is 2.02. The molecule has 0 spiro atoms. The van der Waals surface area contributed by atoms with Crippen LogP contribution in [0.2, 0.25) is 0 Å². The quantitative estimate of drug-likeness (QED) is 0.507. The normalized spacial score (nSPS) is 11.5. The highest BCUT2D eigenvalue weighted by molar-refractivity contribution is 7.66. The second-order valence-electron chi connectivity index (χ2n) is 1.90. The topological polar surface area (TPSA) is 60.7 Å². The highest BCUT2D eigenvalue weighted by Gasteiger charge is 2.32. The molecule has 0 aromatic heterocycles. The lowest BCUT2D eigenvalue weighted by molar-refractivity contribution is 0.347. The van der Waals surface area contributed by atoms with Crippen molar-refractivity contribution in [3.63, 3.8) is 0 Å². The van der Waals surface area contributed by atoms with Crippen molar-refractivity contribution in [3.8, 4) is 0 Å². The molecule has 1 aromatic rings. The maximum Gasteiger partial charge on any atom is 0.440 e. The molecule has 0 amide bonds. The van der Waals surface area contributed by atoms with Crippen LogP contribution in [0.5, 0.6) is 0 Å². The summed E-state index contributed by atoms with van der Waals surface area (Å²) in [6.07, 6.45) is 0. The Morgan fingerprint density at radius 3 is 1.70 bits per heavy atom. The van der Waals surface area contributed by atoms with Crippen molar-refractivity contribution in [2.75, 3.05) is 0 Å². The molecular weight excluding hydrogens is 151 g/mol. The molecule has 0 fully saturated rings. The van der Waals surface area contributed by atoms with Gasteiger partial charge in [0.05, 0.1) is 0 Å². The standard InChI is InChI=1S/C6H8O3P/c7-10(8,9)6-4-2-1-3-5-6/h1-5,7-9H/q+1.